The standard InChI is InChI=1S/C19H27N5O3S2/c1-13(2)10-23(16-8-9-29(26,27)12-16)17(25)11-28-19-22-21-18(24(19)20)15-6-4-14(3)5-7-15/h4-7,13,16H,8-12,20H2,1-3H3. The number of aryl methyl sites for hydroxylation is 1. The van der Waals surface area contributed by atoms with Gasteiger partial charge in [0.15, 0.2) is 15.7 Å². The third-order valence-corrected chi connectivity index (χ3v) is 7.51. The fourth-order valence-corrected chi connectivity index (χ4v) is 5.83. The van der Waals surface area contributed by atoms with Crippen molar-refractivity contribution < 1.29 is 13.2 Å². The maximum atomic E-state index is 12.9. The van der Waals surface area contributed by atoms with Crippen molar-refractivity contribution in [3.05, 3.63) is 29.8 Å². The molecular formula is C19H27N5O3S2. The average Bonchev–Trinajstić information content (AvgIpc) is 3.20. The first-order valence-corrected chi connectivity index (χ1v) is 12.4. The Hall–Kier alpha value is -2.07. The first kappa shape index (κ1) is 21.6. The number of carbonyl (C=O) groups excluding carboxylic acids is 1. The molecule has 8 nitrogen and oxygen atoms in total. The van der Waals surface area contributed by atoms with Gasteiger partial charge in [-0.15, -0.1) is 10.2 Å². The van der Waals surface area contributed by atoms with Crippen molar-refractivity contribution in [1.82, 2.24) is 19.8 Å². The van der Waals surface area contributed by atoms with Gasteiger partial charge in [0, 0.05) is 18.2 Å². The molecule has 2 heterocycles. The van der Waals surface area contributed by atoms with Crippen LogP contribution in [0.2, 0.25) is 0 Å². The molecule has 1 amide bonds. The minimum absolute atomic E-state index is 0.0424. The molecule has 0 saturated carbocycles. The Labute approximate surface area is 175 Å². The topological polar surface area (TPSA) is 111 Å². The number of aromatic nitrogens is 3. The zero-order valence-corrected chi connectivity index (χ0v) is 18.5. The molecule has 1 atom stereocenters. The van der Waals surface area contributed by atoms with E-state index in [9.17, 15) is 13.2 Å². The fraction of sp³-hybridized carbons (Fsp3) is 0.526. The molecule has 0 aliphatic carbocycles. The maximum absolute atomic E-state index is 12.9. The van der Waals surface area contributed by atoms with Crippen LogP contribution in [0.1, 0.15) is 25.8 Å². The second kappa shape index (κ2) is 8.74. The largest absolute Gasteiger partial charge is 0.338 e. The van der Waals surface area contributed by atoms with Crippen LogP contribution in [0.15, 0.2) is 29.4 Å². The van der Waals surface area contributed by atoms with Gasteiger partial charge in [-0.05, 0) is 19.3 Å². The molecule has 29 heavy (non-hydrogen) atoms. The summed E-state index contributed by atoms with van der Waals surface area (Å²) in [7, 11) is -3.06. The second-order valence-corrected chi connectivity index (χ2v) is 11.0. The highest BCUT2D eigenvalue weighted by Crippen LogP contribution is 2.24. The van der Waals surface area contributed by atoms with Crippen LogP contribution in [-0.2, 0) is 14.6 Å². The number of sulfone groups is 1. The van der Waals surface area contributed by atoms with Crippen molar-refractivity contribution in [2.75, 3.05) is 29.6 Å². The third kappa shape index (κ3) is 5.30. The fourth-order valence-electron chi connectivity index (χ4n) is 3.35. The minimum atomic E-state index is -3.06. The summed E-state index contributed by atoms with van der Waals surface area (Å²) in [5.41, 5.74) is 1.98. The average molecular weight is 438 g/mol. The Morgan fingerprint density at radius 1 is 1.31 bits per heavy atom. The lowest BCUT2D eigenvalue weighted by Crippen LogP contribution is -2.44. The van der Waals surface area contributed by atoms with Crippen molar-refractivity contribution in [2.45, 2.75) is 38.4 Å². The molecule has 1 aromatic heterocycles. The van der Waals surface area contributed by atoms with Crippen molar-refractivity contribution >= 4 is 27.5 Å². The molecular weight excluding hydrogens is 410 g/mol. The molecule has 0 radical (unpaired) electrons. The number of carbonyl (C=O) groups is 1. The van der Waals surface area contributed by atoms with Gasteiger partial charge >= 0.3 is 0 Å². The number of hydrogen-bond acceptors (Lipinski definition) is 7. The summed E-state index contributed by atoms with van der Waals surface area (Å²) >= 11 is 1.21. The highest BCUT2D eigenvalue weighted by atomic mass is 32.2. The number of amides is 1. The van der Waals surface area contributed by atoms with E-state index in [2.05, 4.69) is 10.2 Å². The predicted molar refractivity (Wildman–Crippen MR) is 115 cm³/mol. The monoisotopic (exact) mass is 437 g/mol. The minimum Gasteiger partial charge on any atom is -0.338 e. The molecule has 158 valence electrons. The lowest BCUT2D eigenvalue weighted by molar-refractivity contribution is -0.130. The number of nitrogen functional groups attached to an aromatic ring is 1. The lowest BCUT2D eigenvalue weighted by atomic mass is 10.1. The van der Waals surface area contributed by atoms with Gasteiger partial charge in [0.2, 0.25) is 11.1 Å². The zero-order chi connectivity index (χ0) is 21.2. The van der Waals surface area contributed by atoms with Crippen molar-refractivity contribution in [3.63, 3.8) is 0 Å². The van der Waals surface area contributed by atoms with E-state index < -0.39 is 9.84 Å². The number of hydrogen-bond donors (Lipinski definition) is 1. The van der Waals surface area contributed by atoms with Crippen LogP contribution in [0.5, 0.6) is 0 Å². The first-order chi connectivity index (χ1) is 13.7. The number of thioether (sulfide) groups is 1. The van der Waals surface area contributed by atoms with Crippen LogP contribution >= 0.6 is 11.8 Å². The number of nitrogens with two attached hydrogens (primary N) is 1. The Balaban J connectivity index is 1.69. The smallest absolute Gasteiger partial charge is 0.233 e. The Morgan fingerprint density at radius 3 is 2.59 bits per heavy atom. The predicted octanol–water partition coefficient (Wildman–Crippen LogP) is 1.73. The summed E-state index contributed by atoms with van der Waals surface area (Å²) in [5, 5.41) is 8.70. The highest BCUT2D eigenvalue weighted by Gasteiger charge is 2.34. The molecule has 1 saturated heterocycles. The van der Waals surface area contributed by atoms with Gasteiger partial charge in [-0.1, -0.05) is 55.4 Å². The van der Waals surface area contributed by atoms with E-state index in [0.717, 1.165) is 11.1 Å². The van der Waals surface area contributed by atoms with Crippen LogP contribution < -0.4 is 5.84 Å². The maximum Gasteiger partial charge on any atom is 0.233 e. The van der Waals surface area contributed by atoms with E-state index >= 15 is 0 Å². The normalized spacial score (nSPS) is 18.3. The quantitative estimate of drug-likeness (QED) is 0.519. The van der Waals surface area contributed by atoms with Crippen LogP contribution in [0.4, 0.5) is 0 Å². The van der Waals surface area contributed by atoms with Crippen LogP contribution in [0.3, 0.4) is 0 Å². The summed E-state index contributed by atoms with van der Waals surface area (Å²) in [6.07, 6.45) is 0.496. The third-order valence-electron chi connectivity index (χ3n) is 4.83. The molecule has 2 aromatic rings. The highest BCUT2D eigenvalue weighted by molar-refractivity contribution is 7.99. The molecule has 1 aromatic carbocycles. The zero-order valence-electron chi connectivity index (χ0n) is 16.9. The summed E-state index contributed by atoms with van der Waals surface area (Å²) in [5.74, 6) is 7.13. The molecule has 0 bridgehead atoms. The van der Waals surface area contributed by atoms with Gasteiger partial charge in [0.25, 0.3) is 0 Å². The van der Waals surface area contributed by atoms with E-state index in [1.165, 1.54) is 16.4 Å². The number of benzene rings is 1. The van der Waals surface area contributed by atoms with Gasteiger partial charge in [-0.25, -0.2) is 13.1 Å². The van der Waals surface area contributed by atoms with E-state index in [4.69, 9.17) is 5.84 Å². The lowest BCUT2D eigenvalue weighted by Gasteiger charge is -2.29. The summed E-state index contributed by atoms with van der Waals surface area (Å²) in [4.78, 5) is 14.6. The Morgan fingerprint density at radius 2 is 2.00 bits per heavy atom. The van der Waals surface area contributed by atoms with Gasteiger partial charge < -0.3 is 10.7 Å². The second-order valence-electron chi connectivity index (χ2n) is 7.83. The van der Waals surface area contributed by atoms with Crippen LogP contribution in [0, 0.1) is 12.8 Å². The van der Waals surface area contributed by atoms with E-state index in [-0.39, 0.29) is 35.1 Å². The van der Waals surface area contributed by atoms with E-state index in [0.29, 0.717) is 23.9 Å². The molecule has 10 heteroatoms. The molecule has 1 unspecified atom stereocenters. The summed E-state index contributed by atoms with van der Waals surface area (Å²) in [6, 6.07) is 7.54. The summed E-state index contributed by atoms with van der Waals surface area (Å²) in [6.45, 7) is 6.56. The molecule has 1 aliphatic heterocycles. The van der Waals surface area contributed by atoms with Crippen molar-refractivity contribution in [1.29, 1.82) is 0 Å². The van der Waals surface area contributed by atoms with Crippen LogP contribution in [-0.4, -0.2) is 63.9 Å². The summed E-state index contributed by atoms with van der Waals surface area (Å²) < 4.78 is 25.1. The van der Waals surface area contributed by atoms with Gasteiger partial charge in [0.1, 0.15) is 0 Å². The number of nitrogens with zero attached hydrogens (tertiary/aromatic N) is 4. The van der Waals surface area contributed by atoms with Gasteiger partial charge in [-0.3, -0.25) is 4.79 Å². The molecule has 0 spiro atoms. The van der Waals surface area contributed by atoms with Crippen LogP contribution in [0.25, 0.3) is 11.4 Å². The molecule has 2 N–H and O–H groups in total. The van der Waals surface area contributed by atoms with Crippen molar-refractivity contribution in [2.24, 2.45) is 5.92 Å². The van der Waals surface area contributed by atoms with Gasteiger partial charge in [0.05, 0.1) is 17.3 Å². The molecule has 3 rings (SSSR count). The Kier molecular flexibility index (Phi) is 6.52. The Bertz CT molecular complexity index is 970. The SMILES string of the molecule is Cc1ccc(-c2nnc(SCC(=O)N(CC(C)C)C3CCS(=O)(=O)C3)n2N)cc1. The molecule has 1 fully saturated rings. The van der Waals surface area contributed by atoms with Crippen molar-refractivity contribution in [3.8, 4) is 11.4 Å². The van der Waals surface area contributed by atoms with E-state index in [1.807, 2.05) is 45.0 Å². The van der Waals surface area contributed by atoms with Gasteiger partial charge in [-0.2, -0.15) is 0 Å². The first-order valence-electron chi connectivity index (χ1n) is 9.56. The molecule has 1 aliphatic rings. The van der Waals surface area contributed by atoms with E-state index in [1.54, 1.807) is 4.90 Å². The number of rotatable bonds is 7.